The highest BCUT2D eigenvalue weighted by Crippen LogP contribution is 2.24. The first-order valence-corrected chi connectivity index (χ1v) is 7.56. The minimum Gasteiger partial charge on any atom is -0.255 e. The van der Waals surface area contributed by atoms with Crippen molar-refractivity contribution in [1.82, 2.24) is 4.98 Å². The minimum atomic E-state index is 0.650. The number of benzene rings is 2. The molecule has 0 radical (unpaired) electrons. The number of rotatable bonds is 3. The van der Waals surface area contributed by atoms with Crippen LogP contribution in [0.2, 0.25) is 5.02 Å². The highest BCUT2D eigenvalue weighted by atomic mass is 35.5. The molecule has 1 heterocycles. The topological polar surface area (TPSA) is 12.9 Å². The summed E-state index contributed by atoms with van der Waals surface area (Å²) < 4.78 is 0. The van der Waals surface area contributed by atoms with Crippen molar-refractivity contribution in [2.75, 3.05) is 0 Å². The number of nitrogens with zero attached hydrogens (tertiary/aromatic N) is 1. The molecule has 22 heavy (non-hydrogen) atoms. The lowest BCUT2D eigenvalue weighted by molar-refractivity contribution is 1.32. The van der Waals surface area contributed by atoms with E-state index in [2.05, 4.69) is 60.5 Å². The predicted octanol–water partition coefficient (Wildman–Crippen LogP) is 5.88. The zero-order valence-electron chi connectivity index (χ0n) is 12.3. The summed E-state index contributed by atoms with van der Waals surface area (Å²) >= 11 is 5.92. The van der Waals surface area contributed by atoms with Gasteiger partial charge in [0.25, 0.3) is 0 Å². The Hall–Kier alpha value is -2.38. The maximum atomic E-state index is 5.92. The molecule has 0 aliphatic rings. The van der Waals surface area contributed by atoms with E-state index in [-0.39, 0.29) is 0 Å². The van der Waals surface area contributed by atoms with E-state index in [1.54, 1.807) is 6.20 Å². The molecule has 0 spiro atoms. The summed E-state index contributed by atoms with van der Waals surface area (Å²) in [7, 11) is 0. The molecule has 0 unspecified atom stereocenters. The van der Waals surface area contributed by atoms with Crippen LogP contribution in [0.3, 0.4) is 0 Å². The van der Waals surface area contributed by atoms with Crippen molar-refractivity contribution < 1.29 is 0 Å². The van der Waals surface area contributed by atoms with Crippen LogP contribution in [0.4, 0.5) is 0 Å². The molecule has 0 atom stereocenters. The average Bonchev–Trinajstić information content (AvgIpc) is 2.55. The molecule has 2 aromatic carbocycles. The van der Waals surface area contributed by atoms with Gasteiger partial charge in [0.2, 0.25) is 0 Å². The molecule has 0 fully saturated rings. The number of aryl methyl sites for hydroxylation is 1. The van der Waals surface area contributed by atoms with E-state index < -0.39 is 0 Å². The molecule has 0 N–H and O–H groups in total. The molecule has 0 bridgehead atoms. The molecule has 0 saturated heterocycles. The third-order valence-electron chi connectivity index (χ3n) is 3.60. The summed E-state index contributed by atoms with van der Waals surface area (Å²) in [5, 5.41) is 0.650. The van der Waals surface area contributed by atoms with Gasteiger partial charge < -0.3 is 0 Å². The highest BCUT2D eigenvalue weighted by Gasteiger charge is 2.03. The quantitative estimate of drug-likeness (QED) is 0.550. The van der Waals surface area contributed by atoms with Crippen LogP contribution in [0.15, 0.2) is 66.9 Å². The first-order valence-electron chi connectivity index (χ1n) is 7.19. The summed E-state index contributed by atoms with van der Waals surface area (Å²) in [6.07, 6.45) is 5.96. The monoisotopic (exact) mass is 305 g/mol. The fourth-order valence-electron chi connectivity index (χ4n) is 2.36. The van der Waals surface area contributed by atoms with Gasteiger partial charge in [0.05, 0.1) is 10.7 Å². The van der Waals surface area contributed by atoms with E-state index in [0.717, 1.165) is 16.8 Å². The van der Waals surface area contributed by atoms with Crippen LogP contribution < -0.4 is 0 Å². The molecule has 2 heteroatoms. The van der Waals surface area contributed by atoms with Gasteiger partial charge in [0, 0.05) is 11.8 Å². The molecule has 1 nitrogen and oxygen atoms in total. The van der Waals surface area contributed by atoms with Crippen molar-refractivity contribution in [3.63, 3.8) is 0 Å². The van der Waals surface area contributed by atoms with Crippen LogP contribution in [-0.2, 0) is 0 Å². The Balaban J connectivity index is 1.98. The van der Waals surface area contributed by atoms with E-state index in [9.17, 15) is 0 Å². The van der Waals surface area contributed by atoms with Crippen molar-refractivity contribution in [3.8, 4) is 11.3 Å². The first-order chi connectivity index (χ1) is 10.7. The zero-order valence-corrected chi connectivity index (χ0v) is 13.1. The minimum absolute atomic E-state index is 0.650. The fraction of sp³-hybridized carbons (Fsp3) is 0.0500. The Bertz CT molecular complexity index is 804. The Morgan fingerprint density at radius 1 is 0.818 bits per heavy atom. The maximum Gasteiger partial charge on any atom is 0.0709 e. The first kappa shape index (κ1) is 14.6. The summed E-state index contributed by atoms with van der Waals surface area (Å²) in [5.74, 6) is 0. The molecular weight excluding hydrogens is 290 g/mol. The lowest BCUT2D eigenvalue weighted by Gasteiger charge is -2.06. The fourth-order valence-corrected chi connectivity index (χ4v) is 2.48. The Morgan fingerprint density at radius 3 is 2.23 bits per heavy atom. The molecule has 0 amide bonds. The van der Waals surface area contributed by atoms with E-state index in [1.807, 2.05) is 24.3 Å². The predicted molar refractivity (Wildman–Crippen MR) is 94.8 cm³/mol. The lowest BCUT2D eigenvalue weighted by atomic mass is 10.0. The van der Waals surface area contributed by atoms with Gasteiger partial charge in [-0.05, 0) is 35.7 Å². The van der Waals surface area contributed by atoms with E-state index in [4.69, 9.17) is 11.6 Å². The molecular formula is C20H16ClN. The third kappa shape index (κ3) is 3.26. The van der Waals surface area contributed by atoms with E-state index in [1.165, 1.54) is 11.1 Å². The van der Waals surface area contributed by atoms with Gasteiger partial charge in [0.1, 0.15) is 0 Å². The Morgan fingerprint density at radius 2 is 1.50 bits per heavy atom. The van der Waals surface area contributed by atoms with Gasteiger partial charge in [-0.15, -0.1) is 0 Å². The standard InChI is InChI=1S/C20H16ClN/c1-15-6-2-3-7-16(15)10-11-17-8-4-5-9-19(17)20-13-12-18(21)14-22-20/h2-14H,1H3/b11-10+. The van der Waals surface area contributed by atoms with Gasteiger partial charge in [-0.2, -0.15) is 0 Å². The molecule has 3 rings (SSSR count). The molecule has 0 aliphatic heterocycles. The Labute approximate surface area is 135 Å². The second kappa shape index (κ2) is 6.59. The van der Waals surface area contributed by atoms with E-state index in [0.29, 0.717) is 5.02 Å². The number of pyridine rings is 1. The van der Waals surface area contributed by atoms with Crippen molar-refractivity contribution in [2.24, 2.45) is 0 Å². The van der Waals surface area contributed by atoms with Crippen molar-refractivity contribution in [3.05, 3.63) is 88.6 Å². The number of aromatic nitrogens is 1. The normalized spacial score (nSPS) is 11.0. The number of hydrogen-bond acceptors (Lipinski definition) is 1. The van der Waals surface area contributed by atoms with Crippen LogP contribution in [0.1, 0.15) is 16.7 Å². The molecule has 0 saturated carbocycles. The van der Waals surface area contributed by atoms with Gasteiger partial charge >= 0.3 is 0 Å². The van der Waals surface area contributed by atoms with Crippen molar-refractivity contribution >= 4 is 23.8 Å². The smallest absolute Gasteiger partial charge is 0.0709 e. The van der Waals surface area contributed by atoms with Gasteiger partial charge in [-0.25, -0.2) is 0 Å². The average molecular weight is 306 g/mol. The van der Waals surface area contributed by atoms with Gasteiger partial charge in [0.15, 0.2) is 0 Å². The molecule has 3 aromatic rings. The number of hydrogen-bond donors (Lipinski definition) is 0. The summed E-state index contributed by atoms with van der Waals surface area (Å²) in [6.45, 7) is 2.12. The summed E-state index contributed by atoms with van der Waals surface area (Å²) in [5.41, 5.74) is 5.65. The molecule has 1 aromatic heterocycles. The lowest BCUT2D eigenvalue weighted by Crippen LogP contribution is -1.86. The second-order valence-electron chi connectivity index (χ2n) is 5.14. The maximum absolute atomic E-state index is 5.92. The van der Waals surface area contributed by atoms with Gasteiger partial charge in [-0.3, -0.25) is 4.98 Å². The highest BCUT2D eigenvalue weighted by molar-refractivity contribution is 6.30. The molecule has 108 valence electrons. The largest absolute Gasteiger partial charge is 0.255 e. The van der Waals surface area contributed by atoms with Crippen LogP contribution in [0, 0.1) is 6.92 Å². The summed E-state index contributed by atoms with van der Waals surface area (Å²) in [4.78, 5) is 4.42. The number of halogens is 1. The van der Waals surface area contributed by atoms with Crippen molar-refractivity contribution in [1.29, 1.82) is 0 Å². The van der Waals surface area contributed by atoms with Crippen LogP contribution >= 0.6 is 11.6 Å². The van der Waals surface area contributed by atoms with Crippen LogP contribution in [0.25, 0.3) is 23.4 Å². The van der Waals surface area contributed by atoms with Crippen LogP contribution in [-0.4, -0.2) is 4.98 Å². The second-order valence-corrected chi connectivity index (χ2v) is 5.58. The van der Waals surface area contributed by atoms with Crippen LogP contribution in [0.5, 0.6) is 0 Å². The third-order valence-corrected chi connectivity index (χ3v) is 3.82. The van der Waals surface area contributed by atoms with Gasteiger partial charge in [-0.1, -0.05) is 72.3 Å². The SMILES string of the molecule is Cc1ccccc1/C=C/c1ccccc1-c1ccc(Cl)cn1. The summed E-state index contributed by atoms with van der Waals surface area (Å²) in [6, 6.07) is 20.4. The van der Waals surface area contributed by atoms with E-state index >= 15 is 0 Å². The zero-order chi connectivity index (χ0) is 15.4. The molecule has 0 aliphatic carbocycles. The Kier molecular flexibility index (Phi) is 4.36. The van der Waals surface area contributed by atoms with Crippen molar-refractivity contribution in [2.45, 2.75) is 6.92 Å².